The van der Waals surface area contributed by atoms with Crippen molar-refractivity contribution in [2.75, 3.05) is 0 Å². The summed E-state index contributed by atoms with van der Waals surface area (Å²) in [4.78, 5) is 10.8. The van der Waals surface area contributed by atoms with E-state index < -0.39 is 0 Å². The van der Waals surface area contributed by atoms with Gasteiger partial charge in [0.15, 0.2) is 0 Å². The number of hydrogen-bond acceptors (Lipinski definition) is 1. The topological polar surface area (TPSA) is 17.1 Å². The monoisotopic (exact) mass is 140 g/mol. The molecule has 1 rings (SSSR count). The predicted octanol–water partition coefficient (Wildman–Crippen LogP) is 2.40. The lowest BCUT2D eigenvalue weighted by Crippen LogP contribution is -2.43. The van der Waals surface area contributed by atoms with Crippen molar-refractivity contribution >= 4 is 6.29 Å². The molecule has 0 aromatic carbocycles. The zero-order valence-electron chi connectivity index (χ0n) is 7.11. The molecule has 0 heterocycles. The second-order valence-corrected chi connectivity index (χ2v) is 4.38. The molecule has 10 heavy (non-hydrogen) atoms. The summed E-state index contributed by atoms with van der Waals surface area (Å²) in [7, 11) is 0. The van der Waals surface area contributed by atoms with Crippen LogP contribution in [0.15, 0.2) is 0 Å². The fourth-order valence-corrected chi connectivity index (χ4v) is 1.60. The van der Waals surface area contributed by atoms with Crippen LogP contribution in [-0.2, 0) is 4.79 Å². The molecule has 0 N–H and O–H groups in total. The van der Waals surface area contributed by atoms with Gasteiger partial charge in [-0.15, -0.1) is 0 Å². The van der Waals surface area contributed by atoms with Gasteiger partial charge in [-0.3, -0.25) is 0 Å². The highest BCUT2D eigenvalue weighted by Gasteiger charge is 2.46. The third-order valence-electron chi connectivity index (χ3n) is 2.97. The Bertz CT molecular complexity index is 137. The van der Waals surface area contributed by atoms with Gasteiger partial charge in [-0.1, -0.05) is 27.2 Å². The van der Waals surface area contributed by atoms with E-state index in [2.05, 4.69) is 20.8 Å². The number of carbonyl (C=O) groups is 1. The van der Waals surface area contributed by atoms with Gasteiger partial charge in [0.25, 0.3) is 0 Å². The first kappa shape index (κ1) is 7.77. The number of aldehydes is 1. The van der Waals surface area contributed by atoms with E-state index in [1.165, 1.54) is 6.42 Å². The molecular weight excluding hydrogens is 124 g/mol. The van der Waals surface area contributed by atoms with E-state index in [0.717, 1.165) is 19.1 Å². The first-order chi connectivity index (χ1) is 4.52. The summed E-state index contributed by atoms with van der Waals surface area (Å²) in [6.45, 7) is 6.46. The van der Waals surface area contributed by atoms with Gasteiger partial charge >= 0.3 is 0 Å². The Labute approximate surface area is 62.8 Å². The van der Waals surface area contributed by atoms with Crippen molar-refractivity contribution in [1.82, 2.24) is 0 Å². The quantitative estimate of drug-likeness (QED) is 0.511. The maximum absolute atomic E-state index is 10.8. The van der Waals surface area contributed by atoms with Crippen LogP contribution in [0.5, 0.6) is 0 Å². The van der Waals surface area contributed by atoms with Crippen LogP contribution in [0.25, 0.3) is 0 Å². The average Bonchev–Trinajstić information content (AvgIpc) is 1.58. The van der Waals surface area contributed by atoms with Crippen molar-refractivity contribution in [3.8, 4) is 0 Å². The first-order valence-electron chi connectivity index (χ1n) is 3.98. The van der Waals surface area contributed by atoms with Crippen molar-refractivity contribution in [2.24, 2.45) is 10.8 Å². The molecule has 0 saturated heterocycles. The lowest BCUT2D eigenvalue weighted by atomic mass is 9.56. The minimum atomic E-state index is 0.0208. The maximum atomic E-state index is 10.8. The van der Waals surface area contributed by atoms with Gasteiger partial charge in [0, 0.05) is 5.41 Å². The number of rotatable bonds is 1. The molecule has 0 aromatic heterocycles. The van der Waals surface area contributed by atoms with Crippen molar-refractivity contribution in [1.29, 1.82) is 0 Å². The van der Waals surface area contributed by atoms with Crippen LogP contribution < -0.4 is 0 Å². The van der Waals surface area contributed by atoms with Gasteiger partial charge in [0.2, 0.25) is 0 Å². The average molecular weight is 140 g/mol. The van der Waals surface area contributed by atoms with Crippen LogP contribution in [0.3, 0.4) is 0 Å². The summed E-state index contributed by atoms with van der Waals surface area (Å²) in [5, 5.41) is 0. The van der Waals surface area contributed by atoms with Crippen LogP contribution in [-0.4, -0.2) is 6.29 Å². The Kier molecular flexibility index (Phi) is 1.61. The largest absolute Gasteiger partial charge is 0.303 e. The summed E-state index contributed by atoms with van der Waals surface area (Å²) >= 11 is 0. The molecule has 0 aromatic rings. The highest BCUT2D eigenvalue weighted by atomic mass is 16.1. The molecule has 1 fully saturated rings. The van der Waals surface area contributed by atoms with Crippen LogP contribution in [0.4, 0.5) is 0 Å². The van der Waals surface area contributed by atoms with Gasteiger partial charge in [-0.2, -0.15) is 0 Å². The van der Waals surface area contributed by atoms with Crippen molar-refractivity contribution in [2.45, 2.75) is 40.0 Å². The molecule has 1 nitrogen and oxygen atoms in total. The molecule has 1 aliphatic carbocycles. The van der Waals surface area contributed by atoms with Crippen LogP contribution in [0, 0.1) is 10.8 Å². The normalized spacial score (nSPS) is 23.5. The second kappa shape index (κ2) is 2.08. The van der Waals surface area contributed by atoms with E-state index in [4.69, 9.17) is 0 Å². The van der Waals surface area contributed by atoms with Crippen LogP contribution >= 0.6 is 0 Å². The summed E-state index contributed by atoms with van der Waals surface area (Å²) in [6, 6.07) is 0. The fraction of sp³-hybridized carbons (Fsp3) is 0.889. The van der Waals surface area contributed by atoms with Crippen molar-refractivity contribution in [3.05, 3.63) is 0 Å². The highest BCUT2D eigenvalue weighted by Crippen LogP contribution is 2.51. The molecule has 0 unspecified atom stereocenters. The molecule has 0 atom stereocenters. The first-order valence-corrected chi connectivity index (χ1v) is 3.98. The standard InChI is InChI=1S/C9H16O/c1-8(2,3)9(7-10)5-4-6-9/h7H,4-6H2,1-3H3. The molecule has 1 aliphatic rings. The Balaban J connectivity index is 2.74. The molecular formula is C9H16O. The van der Waals surface area contributed by atoms with Gasteiger partial charge in [-0.05, 0) is 18.3 Å². The third-order valence-corrected chi connectivity index (χ3v) is 2.97. The molecule has 1 heteroatoms. The van der Waals surface area contributed by atoms with Crippen molar-refractivity contribution in [3.63, 3.8) is 0 Å². The Morgan fingerprint density at radius 1 is 1.30 bits per heavy atom. The molecule has 0 aliphatic heterocycles. The maximum Gasteiger partial charge on any atom is 0.126 e. The molecule has 0 spiro atoms. The molecule has 0 amide bonds. The van der Waals surface area contributed by atoms with E-state index in [1.807, 2.05) is 0 Å². The Morgan fingerprint density at radius 3 is 1.80 bits per heavy atom. The van der Waals surface area contributed by atoms with Crippen molar-refractivity contribution < 1.29 is 4.79 Å². The van der Waals surface area contributed by atoms with Crippen LogP contribution in [0.1, 0.15) is 40.0 Å². The lowest BCUT2D eigenvalue weighted by Gasteiger charge is -2.47. The number of hydrogen-bond donors (Lipinski definition) is 0. The summed E-state index contributed by atoms with van der Waals surface area (Å²) < 4.78 is 0. The summed E-state index contributed by atoms with van der Waals surface area (Å²) in [5.41, 5.74) is 0.194. The SMILES string of the molecule is CC(C)(C)C1(C=O)CCC1. The lowest BCUT2D eigenvalue weighted by molar-refractivity contribution is -0.129. The van der Waals surface area contributed by atoms with Gasteiger partial charge in [0.05, 0.1) is 0 Å². The van der Waals surface area contributed by atoms with E-state index in [-0.39, 0.29) is 10.8 Å². The smallest absolute Gasteiger partial charge is 0.126 e. The van der Waals surface area contributed by atoms with E-state index in [0.29, 0.717) is 0 Å². The van der Waals surface area contributed by atoms with Gasteiger partial charge in [-0.25, -0.2) is 0 Å². The second-order valence-electron chi connectivity index (χ2n) is 4.38. The Hall–Kier alpha value is -0.330. The third kappa shape index (κ3) is 0.882. The minimum absolute atomic E-state index is 0.0208. The molecule has 0 bridgehead atoms. The predicted molar refractivity (Wildman–Crippen MR) is 41.8 cm³/mol. The molecule has 0 radical (unpaired) electrons. The molecule has 1 saturated carbocycles. The summed E-state index contributed by atoms with van der Waals surface area (Å²) in [6.07, 6.45) is 4.59. The fourth-order valence-electron chi connectivity index (χ4n) is 1.60. The van der Waals surface area contributed by atoms with E-state index in [9.17, 15) is 4.79 Å². The van der Waals surface area contributed by atoms with Gasteiger partial charge in [0.1, 0.15) is 6.29 Å². The minimum Gasteiger partial charge on any atom is -0.303 e. The zero-order chi connectivity index (χ0) is 7.83. The molecule has 58 valence electrons. The van der Waals surface area contributed by atoms with E-state index >= 15 is 0 Å². The highest BCUT2D eigenvalue weighted by molar-refractivity contribution is 5.62. The van der Waals surface area contributed by atoms with E-state index in [1.54, 1.807) is 0 Å². The van der Waals surface area contributed by atoms with Gasteiger partial charge < -0.3 is 4.79 Å². The summed E-state index contributed by atoms with van der Waals surface area (Å²) in [5.74, 6) is 0. The zero-order valence-corrected chi connectivity index (χ0v) is 7.11. The van der Waals surface area contributed by atoms with Crippen LogP contribution in [0.2, 0.25) is 0 Å². The Morgan fingerprint density at radius 2 is 1.80 bits per heavy atom. The number of carbonyl (C=O) groups excluding carboxylic acids is 1.